The highest BCUT2D eigenvalue weighted by Gasteiger charge is 2.19. The Hall–Kier alpha value is -1.64. The van der Waals surface area contributed by atoms with Gasteiger partial charge in [0.2, 0.25) is 0 Å². The molecule has 1 N–H and O–H groups in total. The van der Waals surface area contributed by atoms with Gasteiger partial charge in [0.1, 0.15) is 5.00 Å². The second-order valence-corrected chi connectivity index (χ2v) is 5.66. The van der Waals surface area contributed by atoms with E-state index in [4.69, 9.17) is 5.26 Å². The van der Waals surface area contributed by atoms with Gasteiger partial charge >= 0.3 is 0 Å². The van der Waals surface area contributed by atoms with Crippen LogP contribution in [0.3, 0.4) is 0 Å². The molecule has 2 heterocycles. The number of rotatable bonds is 3. The van der Waals surface area contributed by atoms with Gasteiger partial charge in [-0.3, -0.25) is 4.90 Å². The van der Waals surface area contributed by atoms with Crippen molar-refractivity contribution in [2.75, 3.05) is 25.0 Å². The summed E-state index contributed by atoms with van der Waals surface area (Å²) >= 11 is 1.54. The normalized spacial score (nSPS) is 17.4. The zero-order chi connectivity index (χ0) is 13.1. The van der Waals surface area contributed by atoms with Gasteiger partial charge in [0.15, 0.2) is 0 Å². The van der Waals surface area contributed by atoms with Crippen LogP contribution in [0.15, 0.2) is 24.3 Å². The van der Waals surface area contributed by atoms with Gasteiger partial charge in [-0.1, -0.05) is 12.1 Å². The number of anilines is 1. The lowest BCUT2D eigenvalue weighted by atomic mass is 10.1. The first-order valence-electron chi connectivity index (χ1n) is 6.57. The van der Waals surface area contributed by atoms with Gasteiger partial charge < -0.3 is 5.32 Å². The lowest BCUT2D eigenvalue weighted by Crippen LogP contribution is -2.39. The molecule has 3 rings (SSSR count). The minimum Gasteiger partial charge on any atom is -0.372 e. The number of likely N-dealkylation sites (tertiary alicyclic amines) is 1. The molecule has 1 aromatic carbocycles. The van der Waals surface area contributed by atoms with E-state index in [9.17, 15) is 0 Å². The Morgan fingerprint density at radius 2 is 2.16 bits per heavy atom. The average Bonchev–Trinajstić information content (AvgIpc) is 2.85. The van der Waals surface area contributed by atoms with Crippen molar-refractivity contribution in [3.8, 4) is 6.07 Å². The number of benzene rings is 1. The van der Waals surface area contributed by atoms with Crippen LogP contribution >= 0.6 is 11.5 Å². The molecule has 1 aliphatic rings. The van der Waals surface area contributed by atoms with E-state index in [1.54, 1.807) is 11.5 Å². The first-order chi connectivity index (χ1) is 9.36. The predicted octanol–water partition coefficient (Wildman–Crippen LogP) is 2.70. The summed E-state index contributed by atoms with van der Waals surface area (Å²) in [7, 11) is 0. The van der Waals surface area contributed by atoms with Crippen LogP contribution in [-0.2, 0) is 0 Å². The quantitative estimate of drug-likeness (QED) is 0.873. The van der Waals surface area contributed by atoms with E-state index in [1.165, 1.54) is 10.4 Å². The van der Waals surface area contributed by atoms with E-state index in [0.717, 1.165) is 31.4 Å². The van der Waals surface area contributed by atoms with E-state index < -0.39 is 0 Å². The third kappa shape index (κ3) is 2.70. The molecule has 0 atom stereocenters. The first-order valence-corrected chi connectivity index (χ1v) is 7.34. The molecule has 1 saturated heterocycles. The molecule has 1 fully saturated rings. The van der Waals surface area contributed by atoms with Crippen molar-refractivity contribution < 1.29 is 0 Å². The molecular formula is C14H16N4S. The standard InChI is InChI=1S/C14H16N4S/c15-7-10-18-8-5-11(6-9-18)16-14-12-3-1-2-4-13(12)17-19-14/h1-4,11,16H,5-6,8-10H2. The Morgan fingerprint density at radius 3 is 2.95 bits per heavy atom. The third-order valence-electron chi connectivity index (χ3n) is 3.60. The fraction of sp³-hybridized carbons (Fsp3) is 0.429. The highest BCUT2D eigenvalue weighted by Crippen LogP contribution is 2.29. The topological polar surface area (TPSA) is 52.0 Å². The molecule has 19 heavy (non-hydrogen) atoms. The average molecular weight is 272 g/mol. The van der Waals surface area contributed by atoms with Crippen molar-refractivity contribution in [3.63, 3.8) is 0 Å². The summed E-state index contributed by atoms with van der Waals surface area (Å²) in [6.45, 7) is 2.56. The van der Waals surface area contributed by atoms with Crippen molar-refractivity contribution in [2.24, 2.45) is 0 Å². The molecule has 2 aromatic rings. The van der Waals surface area contributed by atoms with Gasteiger partial charge in [0.05, 0.1) is 18.1 Å². The van der Waals surface area contributed by atoms with Crippen LogP contribution in [0.5, 0.6) is 0 Å². The largest absolute Gasteiger partial charge is 0.372 e. The molecule has 4 nitrogen and oxygen atoms in total. The number of nitrogens with one attached hydrogen (secondary N) is 1. The van der Waals surface area contributed by atoms with Gasteiger partial charge in [0, 0.05) is 24.5 Å². The molecule has 0 saturated carbocycles. The molecule has 1 aliphatic heterocycles. The molecule has 0 bridgehead atoms. The van der Waals surface area contributed by atoms with Crippen LogP contribution in [0.1, 0.15) is 12.8 Å². The van der Waals surface area contributed by atoms with Gasteiger partial charge in [-0.25, -0.2) is 0 Å². The number of nitrogens with zero attached hydrogens (tertiary/aromatic N) is 3. The number of hydrogen-bond acceptors (Lipinski definition) is 5. The monoisotopic (exact) mass is 272 g/mol. The van der Waals surface area contributed by atoms with Gasteiger partial charge in [0.25, 0.3) is 0 Å². The van der Waals surface area contributed by atoms with Crippen molar-refractivity contribution in [3.05, 3.63) is 24.3 Å². The minimum absolute atomic E-state index is 0.499. The molecule has 0 amide bonds. The van der Waals surface area contributed by atoms with Crippen molar-refractivity contribution in [1.29, 1.82) is 5.26 Å². The van der Waals surface area contributed by atoms with Gasteiger partial charge in [-0.15, -0.1) is 0 Å². The second kappa shape index (κ2) is 5.55. The van der Waals surface area contributed by atoms with Crippen molar-refractivity contribution in [2.45, 2.75) is 18.9 Å². The second-order valence-electron chi connectivity index (χ2n) is 4.88. The third-order valence-corrected chi connectivity index (χ3v) is 4.41. The Kier molecular flexibility index (Phi) is 3.62. The Bertz CT molecular complexity index is 593. The maximum atomic E-state index is 8.70. The maximum absolute atomic E-state index is 8.70. The molecular weight excluding hydrogens is 256 g/mol. The highest BCUT2D eigenvalue weighted by atomic mass is 32.1. The smallest absolute Gasteiger partial charge is 0.117 e. The van der Waals surface area contributed by atoms with E-state index >= 15 is 0 Å². The molecule has 98 valence electrons. The van der Waals surface area contributed by atoms with Gasteiger partial charge in [-0.2, -0.15) is 9.64 Å². The van der Waals surface area contributed by atoms with Crippen LogP contribution in [0, 0.1) is 11.3 Å². The van der Waals surface area contributed by atoms with Crippen molar-refractivity contribution in [1.82, 2.24) is 9.27 Å². The summed E-state index contributed by atoms with van der Waals surface area (Å²) in [6, 6.07) is 11.0. The molecule has 0 aliphatic carbocycles. The number of fused-ring (bicyclic) bond motifs is 1. The molecule has 0 spiro atoms. The molecule has 5 heteroatoms. The van der Waals surface area contributed by atoms with Crippen molar-refractivity contribution >= 4 is 27.4 Å². The predicted molar refractivity (Wildman–Crippen MR) is 78.3 cm³/mol. The maximum Gasteiger partial charge on any atom is 0.117 e. The number of piperidine rings is 1. The minimum atomic E-state index is 0.499. The summed E-state index contributed by atoms with van der Waals surface area (Å²) in [5.74, 6) is 0. The Morgan fingerprint density at radius 1 is 1.37 bits per heavy atom. The summed E-state index contributed by atoms with van der Waals surface area (Å²) < 4.78 is 4.45. The summed E-state index contributed by atoms with van der Waals surface area (Å²) in [5.41, 5.74) is 1.07. The summed E-state index contributed by atoms with van der Waals surface area (Å²) in [6.07, 6.45) is 2.18. The van der Waals surface area contributed by atoms with Gasteiger partial charge in [-0.05, 0) is 36.5 Å². The van der Waals surface area contributed by atoms with Crippen LogP contribution in [0.2, 0.25) is 0 Å². The van der Waals surface area contributed by atoms with E-state index in [2.05, 4.69) is 32.8 Å². The SMILES string of the molecule is N#CCN1CCC(Nc2snc3ccccc23)CC1. The van der Waals surface area contributed by atoms with E-state index in [0.29, 0.717) is 12.6 Å². The Labute approximate surface area is 116 Å². The number of hydrogen-bond donors (Lipinski definition) is 1. The van der Waals surface area contributed by atoms with Crippen LogP contribution < -0.4 is 5.32 Å². The molecule has 1 aromatic heterocycles. The van der Waals surface area contributed by atoms with Crippen LogP contribution in [-0.4, -0.2) is 34.9 Å². The zero-order valence-electron chi connectivity index (χ0n) is 10.7. The summed E-state index contributed by atoms with van der Waals surface area (Å²) in [5, 5.41) is 14.7. The van der Waals surface area contributed by atoms with E-state index in [-0.39, 0.29) is 0 Å². The number of nitriles is 1. The lowest BCUT2D eigenvalue weighted by molar-refractivity contribution is 0.243. The summed E-state index contributed by atoms with van der Waals surface area (Å²) in [4.78, 5) is 2.21. The van der Waals surface area contributed by atoms with Crippen LogP contribution in [0.25, 0.3) is 10.9 Å². The Balaban J connectivity index is 1.65. The first kappa shape index (κ1) is 12.4. The van der Waals surface area contributed by atoms with Crippen LogP contribution in [0.4, 0.5) is 5.00 Å². The number of aromatic nitrogens is 1. The fourth-order valence-corrected chi connectivity index (χ4v) is 3.35. The fourth-order valence-electron chi connectivity index (χ4n) is 2.51. The molecule has 0 unspecified atom stereocenters. The molecule has 0 radical (unpaired) electrons. The van der Waals surface area contributed by atoms with E-state index in [1.807, 2.05) is 12.1 Å². The highest BCUT2D eigenvalue weighted by molar-refractivity contribution is 7.11. The lowest BCUT2D eigenvalue weighted by Gasteiger charge is -2.30. The zero-order valence-corrected chi connectivity index (χ0v) is 11.5.